The Labute approximate surface area is 135 Å². The minimum Gasteiger partial charge on any atom is -0.480 e. The van der Waals surface area contributed by atoms with Crippen LogP contribution in [-0.4, -0.2) is 32.8 Å². The number of amides is 1. The molecular weight excluding hydrogens is 294 g/mol. The highest BCUT2D eigenvalue weighted by molar-refractivity contribution is 6.01. The molecule has 0 radical (unpaired) electrons. The predicted octanol–water partition coefficient (Wildman–Crippen LogP) is 2.46. The summed E-state index contributed by atoms with van der Waals surface area (Å²) in [5.74, 6) is -1.43. The highest BCUT2D eigenvalue weighted by Crippen LogP contribution is 2.21. The van der Waals surface area contributed by atoms with Crippen molar-refractivity contribution in [1.29, 1.82) is 0 Å². The van der Waals surface area contributed by atoms with Crippen LogP contribution in [0, 0.1) is 0 Å². The predicted molar refractivity (Wildman–Crippen MR) is 87.1 cm³/mol. The third kappa shape index (κ3) is 4.18. The van der Waals surface area contributed by atoms with Crippen LogP contribution < -0.4 is 5.32 Å². The lowest BCUT2D eigenvalue weighted by Crippen LogP contribution is -2.40. The van der Waals surface area contributed by atoms with Crippen molar-refractivity contribution in [3.05, 3.63) is 42.1 Å². The number of nitrogens with zero attached hydrogens (tertiary/aromatic N) is 2. The molecule has 1 aromatic carbocycles. The second-order valence-electron chi connectivity index (χ2n) is 5.44. The number of unbranched alkanes of at least 4 members (excludes halogenated alkanes) is 1. The van der Waals surface area contributed by atoms with Crippen LogP contribution in [0.25, 0.3) is 11.3 Å². The molecule has 0 aliphatic carbocycles. The maximum Gasteiger partial charge on any atom is 0.326 e. The van der Waals surface area contributed by atoms with E-state index in [4.69, 9.17) is 0 Å². The van der Waals surface area contributed by atoms with E-state index in [2.05, 4.69) is 10.4 Å². The van der Waals surface area contributed by atoms with Crippen LogP contribution in [0.15, 0.2) is 36.5 Å². The normalized spacial score (nSPS) is 11.9. The minimum absolute atomic E-state index is 0.376. The van der Waals surface area contributed by atoms with Gasteiger partial charge in [-0.05, 0) is 6.42 Å². The summed E-state index contributed by atoms with van der Waals surface area (Å²) in [5.41, 5.74) is 1.74. The summed E-state index contributed by atoms with van der Waals surface area (Å²) in [6.07, 6.45) is 3.65. The highest BCUT2D eigenvalue weighted by atomic mass is 16.4. The zero-order valence-electron chi connectivity index (χ0n) is 13.3. The molecule has 23 heavy (non-hydrogen) atoms. The molecular formula is C17H21N3O3. The number of nitrogens with one attached hydrogen (secondary N) is 1. The number of rotatable bonds is 7. The molecule has 0 saturated heterocycles. The summed E-state index contributed by atoms with van der Waals surface area (Å²) >= 11 is 0. The van der Waals surface area contributed by atoms with E-state index in [1.54, 1.807) is 17.9 Å². The Morgan fingerprint density at radius 1 is 1.30 bits per heavy atom. The maximum absolute atomic E-state index is 12.5. The third-order valence-corrected chi connectivity index (χ3v) is 3.57. The summed E-state index contributed by atoms with van der Waals surface area (Å²) < 4.78 is 1.55. The molecule has 0 aliphatic rings. The molecule has 0 bridgehead atoms. The molecule has 122 valence electrons. The SMILES string of the molecule is CCCCC(NC(=O)c1cn(C)nc1-c1ccccc1)C(=O)O. The molecule has 2 aromatic rings. The van der Waals surface area contributed by atoms with Gasteiger partial charge in [0.2, 0.25) is 0 Å². The molecule has 6 heteroatoms. The van der Waals surface area contributed by atoms with Gasteiger partial charge in [-0.3, -0.25) is 9.48 Å². The van der Waals surface area contributed by atoms with E-state index in [0.29, 0.717) is 17.7 Å². The number of benzene rings is 1. The van der Waals surface area contributed by atoms with Gasteiger partial charge in [0.1, 0.15) is 11.7 Å². The van der Waals surface area contributed by atoms with Crippen LogP contribution in [0.4, 0.5) is 0 Å². The Hall–Kier alpha value is -2.63. The first-order valence-corrected chi connectivity index (χ1v) is 7.65. The molecule has 0 aliphatic heterocycles. The topological polar surface area (TPSA) is 84.2 Å². The van der Waals surface area contributed by atoms with E-state index < -0.39 is 17.9 Å². The summed E-state index contributed by atoms with van der Waals surface area (Å²) in [6, 6.07) is 8.47. The summed E-state index contributed by atoms with van der Waals surface area (Å²) in [4.78, 5) is 23.8. The molecule has 2 N–H and O–H groups in total. The number of hydrogen-bond donors (Lipinski definition) is 2. The van der Waals surface area contributed by atoms with E-state index >= 15 is 0 Å². The first-order valence-electron chi connectivity index (χ1n) is 7.65. The van der Waals surface area contributed by atoms with Gasteiger partial charge in [0, 0.05) is 18.8 Å². The lowest BCUT2D eigenvalue weighted by molar-refractivity contribution is -0.139. The van der Waals surface area contributed by atoms with Gasteiger partial charge in [-0.1, -0.05) is 50.1 Å². The van der Waals surface area contributed by atoms with E-state index in [0.717, 1.165) is 18.4 Å². The van der Waals surface area contributed by atoms with Gasteiger partial charge >= 0.3 is 5.97 Å². The molecule has 0 saturated carbocycles. The van der Waals surface area contributed by atoms with Crippen LogP contribution in [0.3, 0.4) is 0 Å². The maximum atomic E-state index is 12.5. The first-order chi connectivity index (χ1) is 11.0. The molecule has 1 heterocycles. The van der Waals surface area contributed by atoms with Crippen molar-refractivity contribution >= 4 is 11.9 Å². The van der Waals surface area contributed by atoms with Crippen LogP contribution >= 0.6 is 0 Å². The fourth-order valence-corrected chi connectivity index (χ4v) is 2.37. The van der Waals surface area contributed by atoms with Crippen LogP contribution in [0.5, 0.6) is 0 Å². The number of hydrogen-bond acceptors (Lipinski definition) is 3. The van der Waals surface area contributed by atoms with Crippen molar-refractivity contribution in [1.82, 2.24) is 15.1 Å². The molecule has 1 unspecified atom stereocenters. The van der Waals surface area contributed by atoms with E-state index in [-0.39, 0.29) is 0 Å². The number of aryl methyl sites for hydroxylation is 1. The van der Waals surface area contributed by atoms with Crippen molar-refractivity contribution in [2.24, 2.45) is 7.05 Å². The zero-order valence-corrected chi connectivity index (χ0v) is 13.3. The summed E-state index contributed by atoms with van der Waals surface area (Å²) in [6.45, 7) is 1.98. The Bertz CT molecular complexity index is 680. The van der Waals surface area contributed by atoms with Gasteiger partial charge in [-0.25, -0.2) is 4.79 Å². The largest absolute Gasteiger partial charge is 0.480 e. The van der Waals surface area contributed by atoms with Gasteiger partial charge in [-0.2, -0.15) is 5.10 Å². The van der Waals surface area contributed by atoms with E-state index in [9.17, 15) is 14.7 Å². The Morgan fingerprint density at radius 3 is 2.61 bits per heavy atom. The summed E-state index contributed by atoms with van der Waals surface area (Å²) in [7, 11) is 1.73. The number of aromatic nitrogens is 2. The second-order valence-corrected chi connectivity index (χ2v) is 5.44. The fourth-order valence-electron chi connectivity index (χ4n) is 2.37. The van der Waals surface area contributed by atoms with Crippen LogP contribution in [0.1, 0.15) is 36.5 Å². The first kappa shape index (κ1) is 16.7. The number of carboxylic acid groups (broad SMARTS) is 1. The third-order valence-electron chi connectivity index (χ3n) is 3.57. The zero-order chi connectivity index (χ0) is 16.8. The van der Waals surface area contributed by atoms with Gasteiger partial charge in [0.15, 0.2) is 0 Å². The van der Waals surface area contributed by atoms with Crippen LogP contribution in [-0.2, 0) is 11.8 Å². The second kappa shape index (κ2) is 7.58. The molecule has 0 spiro atoms. The molecule has 1 atom stereocenters. The average molecular weight is 315 g/mol. The van der Waals surface area contributed by atoms with Gasteiger partial charge in [0.05, 0.1) is 5.56 Å². The monoisotopic (exact) mass is 315 g/mol. The van der Waals surface area contributed by atoms with Crippen molar-refractivity contribution in [3.63, 3.8) is 0 Å². The Kier molecular flexibility index (Phi) is 5.51. The van der Waals surface area contributed by atoms with E-state index in [1.165, 1.54) is 0 Å². The molecule has 6 nitrogen and oxygen atoms in total. The fraction of sp³-hybridized carbons (Fsp3) is 0.353. The van der Waals surface area contributed by atoms with Crippen molar-refractivity contribution in [3.8, 4) is 11.3 Å². The summed E-state index contributed by atoms with van der Waals surface area (Å²) in [5, 5.41) is 16.2. The Morgan fingerprint density at radius 2 is 2.00 bits per heavy atom. The van der Waals surface area contributed by atoms with Crippen molar-refractivity contribution < 1.29 is 14.7 Å². The Balaban J connectivity index is 2.24. The minimum atomic E-state index is -1.02. The number of carboxylic acids is 1. The highest BCUT2D eigenvalue weighted by Gasteiger charge is 2.23. The molecule has 1 amide bonds. The lowest BCUT2D eigenvalue weighted by Gasteiger charge is -2.14. The smallest absolute Gasteiger partial charge is 0.326 e. The van der Waals surface area contributed by atoms with Crippen molar-refractivity contribution in [2.45, 2.75) is 32.2 Å². The molecule has 0 fully saturated rings. The van der Waals surface area contributed by atoms with Crippen molar-refractivity contribution in [2.75, 3.05) is 0 Å². The number of carbonyl (C=O) groups is 2. The standard InChI is InChI=1S/C17H21N3O3/c1-3-4-10-14(17(22)23)18-16(21)13-11-20(2)19-15(13)12-8-6-5-7-9-12/h5-9,11,14H,3-4,10H2,1-2H3,(H,18,21)(H,22,23). The number of carbonyl (C=O) groups excluding carboxylic acids is 1. The molecule has 1 aromatic heterocycles. The molecule has 2 rings (SSSR count). The lowest BCUT2D eigenvalue weighted by atomic mass is 10.1. The number of aliphatic carboxylic acids is 1. The van der Waals surface area contributed by atoms with Gasteiger partial charge in [-0.15, -0.1) is 0 Å². The average Bonchev–Trinajstić information content (AvgIpc) is 2.94. The van der Waals surface area contributed by atoms with Gasteiger partial charge < -0.3 is 10.4 Å². The van der Waals surface area contributed by atoms with Gasteiger partial charge in [0.25, 0.3) is 5.91 Å². The van der Waals surface area contributed by atoms with E-state index in [1.807, 2.05) is 37.3 Å². The quantitative estimate of drug-likeness (QED) is 0.822. The van der Waals surface area contributed by atoms with Crippen LogP contribution in [0.2, 0.25) is 0 Å².